The molecule has 0 amide bonds. The van der Waals surface area contributed by atoms with Crippen LogP contribution in [-0.4, -0.2) is 63.0 Å². The van der Waals surface area contributed by atoms with Crippen LogP contribution in [0, 0.1) is 5.92 Å². The van der Waals surface area contributed by atoms with Gasteiger partial charge in [0, 0.05) is 32.8 Å². The van der Waals surface area contributed by atoms with E-state index in [0.29, 0.717) is 24.2 Å². The van der Waals surface area contributed by atoms with Gasteiger partial charge in [0.15, 0.2) is 0 Å². The highest BCUT2D eigenvalue weighted by Gasteiger charge is 2.27. The largest absolute Gasteiger partial charge is 0.383 e. The van der Waals surface area contributed by atoms with Crippen molar-refractivity contribution in [1.29, 1.82) is 0 Å². The van der Waals surface area contributed by atoms with Crippen molar-refractivity contribution < 1.29 is 9.47 Å². The van der Waals surface area contributed by atoms with Gasteiger partial charge < -0.3 is 14.8 Å². The zero-order chi connectivity index (χ0) is 13.5. The smallest absolute Gasteiger partial charge is 0.0678 e. The van der Waals surface area contributed by atoms with E-state index in [1.54, 1.807) is 7.11 Å². The van der Waals surface area contributed by atoms with Crippen LogP contribution >= 0.6 is 0 Å². The summed E-state index contributed by atoms with van der Waals surface area (Å²) < 4.78 is 11.1. The van der Waals surface area contributed by atoms with E-state index in [0.717, 1.165) is 32.8 Å². The summed E-state index contributed by atoms with van der Waals surface area (Å²) >= 11 is 0. The Morgan fingerprint density at radius 1 is 1.22 bits per heavy atom. The summed E-state index contributed by atoms with van der Waals surface area (Å²) in [4.78, 5) is 2.50. The van der Waals surface area contributed by atoms with Gasteiger partial charge in [0.05, 0.1) is 18.8 Å². The summed E-state index contributed by atoms with van der Waals surface area (Å²) in [6.07, 6.45) is 0.636. The average molecular weight is 258 g/mol. The third kappa shape index (κ3) is 5.65. The highest BCUT2D eigenvalue weighted by molar-refractivity contribution is 4.81. The Bertz CT molecular complexity index is 214. The lowest BCUT2D eigenvalue weighted by Crippen LogP contribution is -2.54. The topological polar surface area (TPSA) is 33.7 Å². The second-order valence-corrected chi connectivity index (χ2v) is 5.87. The van der Waals surface area contributed by atoms with Crippen molar-refractivity contribution in [1.82, 2.24) is 10.2 Å². The van der Waals surface area contributed by atoms with E-state index in [4.69, 9.17) is 9.47 Å². The minimum Gasteiger partial charge on any atom is -0.383 e. The first-order valence-corrected chi connectivity index (χ1v) is 7.12. The fourth-order valence-corrected chi connectivity index (χ4v) is 2.54. The zero-order valence-electron chi connectivity index (χ0n) is 12.6. The van der Waals surface area contributed by atoms with Gasteiger partial charge in [-0.05, 0) is 26.3 Å². The van der Waals surface area contributed by atoms with Crippen molar-refractivity contribution in [2.75, 3.05) is 39.9 Å². The van der Waals surface area contributed by atoms with Gasteiger partial charge in [-0.2, -0.15) is 0 Å². The normalized spacial score (nSPS) is 27.7. The molecule has 0 aromatic rings. The summed E-state index contributed by atoms with van der Waals surface area (Å²) in [5, 5.41) is 3.53. The molecule has 1 saturated heterocycles. The van der Waals surface area contributed by atoms with Crippen LogP contribution in [0.1, 0.15) is 27.7 Å². The van der Waals surface area contributed by atoms with E-state index in [1.165, 1.54) is 0 Å². The van der Waals surface area contributed by atoms with Crippen LogP contribution in [0.2, 0.25) is 0 Å². The molecule has 0 bridgehead atoms. The van der Waals surface area contributed by atoms with Gasteiger partial charge in [0.1, 0.15) is 0 Å². The van der Waals surface area contributed by atoms with E-state index in [9.17, 15) is 0 Å². The molecule has 1 aliphatic heterocycles. The van der Waals surface area contributed by atoms with Crippen LogP contribution in [-0.2, 0) is 9.47 Å². The predicted molar refractivity (Wildman–Crippen MR) is 75.0 cm³/mol. The molecule has 0 aromatic heterocycles. The number of ether oxygens (including phenoxy) is 2. The molecule has 0 saturated carbocycles. The maximum Gasteiger partial charge on any atom is 0.0678 e. The number of hydrogen-bond donors (Lipinski definition) is 1. The molecule has 18 heavy (non-hydrogen) atoms. The van der Waals surface area contributed by atoms with Crippen molar-refractivity contribution in [3.8, 4) is 0 Å². The fourth-order valence-electron chi connectivity index (χ4n) is 2.54. The summed E-state index contributed by atoms with van der Waals surface area (Å²) in [5.41, 5.74) is 0. The van der Waals surface area contributed by atoms with Crippen molar-refractivity contribution in [2.45, 2.75) is 45.9 Å². The van der Waals surface area contributed by atoms with Crippen molar-refractivity contribution in [2.24, 2.45) is 5.92 Å². The SMILES string of the molecule is COCC(CNCC(C)C)N1C[C@@H](C)O[C@@H](C)C1. The van der Waals surface area contributed by atoms with Gasteiger partial charge in [-0.15, -0.1) is 0 Å². The minimum absolute atomic E-state index is 0.318. The summed E-state index contributed by atoms with van der Waals surface area (Å²) in [6.45, 7) is 13.6. The standard InChI is InChI=1S/C14H30N2O2/c1-11(2)6-15-7-14(10-17-5)16-8-12(3)18-13(4)9-16/h11-15H,6-10H2,1-5H3/t12-,13+,14?. The van der Waals surface area contributed by atoms with Crippen molar-refractivity contribution in [3.05, 3.63) is 0 Å². The van der Waals surface area contributed by atoms with Crippen LogP contribution in [0.3, 0.4) is 0 Å². The van der Waals surface area contributed by atoms with E-state index in [-0.39, 0.29) is 0 Å². The van der Waals surface area contributed by atoms with Gasteiger partial charge in [0.25, 0.3) is 0 Å². The Morgan fingerprint density at radius 2 is 1.83 bits per heavy atom. The number of nitrogens with zero attached hydrogens (tertiary/aromatic N) is 1. The first-order chi connectivity index (χ1) is 8.52. The van der Waals surface area contributed by atoms with E-state index in [2.05, 4.69) is 37.9 Å². The monoisotopic (exact) mass is 258 g/mol. The number of hydrogen-bond acceptors (Lipinski definition) is 4. The Morgan fingerprint density at radius 3 is 2.33 bits per heavy atom. The van der Waals surface area contributed by atoms with Crippen LogP contribution < -0.4 is 5.32 Å². The van der Waals surface area contributed by atoms with Crippen LogP contribution in [0.15, 0.2) is 0 Å². The first kappa shape index (κ1) is 15.9. The quantitative estimate of drug-likeness (QED) is 0.747. The molecule has 4 nitrogen and oxygen atoms in total. The lowest BCUT2D eigenvalue weighted by molar-refractivity contribution is -0.0870. The molecule has 1 fully saturated rings. The molecule has 1 heterocycles. The Balaban J connectivity index is 2.43. The van der Waals surface area contributed by atoms with Crippen LogP contribution in [0.25, 0.3) is 0 Å². The first-order valence-electron chi connectivity index (χ1n) is 7.12. The van der Waals surface area contributed by atoms with Crippen molar-refractivity contribution in [3.63, 3.8) is 0 Å². The maximum atomic E-state index is 5.78. The highest BCUT2D eigenvalue weighted by atomic mass is 16.5. The Hall–Kier alpha value is -0.160. The van der Waals surface area contributed by atoms with E-state index >= 15 is 0 Å². The van der Waals surface area contributed by atoms with E-state index < -0.39 is 0 Å². The minimum atomic E-state index is 0.318. The molecule has 1 unspecified atom stereocenters. The molecule has 1 N–H and O–H groups in total. The summed E-state index contributed by atoms with van der Waals surface area (Å²) in [6, 6.07) is 0.447. The van der Waals surface area contributed by atoms with Gasteiger partial charge in [-0.3, -0.25) is 4.90 Å². The lowest BCUT2D eigenvalue weighted by Gasteiger charge is -2.40. The molecular weight excluding hydrogens is 228 g/mol. The summed E-state index contributed by atoms with van der Waals surface area (Å²) in [7, 11) is 1.78. The number of rotatable bonds is 7. The molecule has 0 aliphatic carbocycles. The predicted octanol–water partition coefficient (Wildman–Crippen LogP) is 1.36. The number of morpholine rings is 1. The molecule has 1 aliphatic rings. The molecule has 4 heteroatoms. The fraction of sp³-hybridized carbons (Fsp3) is 1.00. The van der Waals surface area contributed by atoms with Crippen molar-refractivity contribution >= 4 is 0 Å². The number of methoxy groups -OCH3 is 1. The Labute approximate surface area is 112 Å². The molecule has 3 atom stereocenters. The van der Waals surface area contributed by atoms with E-state index in [1.807, 2.05) is 0 Å². The second-order valence-electron chi connectivity index (χ2n) is 5.87. The molecular formula is C14H30N2O2. The van der Waals surface area contributed by atoms with Crippen LogP contribution in [0.5, 0.6) is 0 Å². The molecule has 1 rings (SSSR count). The zero-order valence-corrected chi connectivity index (χ0v) is 12.6. The van der Waals surface area contributed by atoms with Gasteiger partial charge in [0.2, 0.25) is 0 Å². The third-order valence-electron chi connectivity index (χ3n) is 3.26. The third-order valence-corrected chi connectivity index (χ3v) is 3.26. The van der Waals surface area contributed by atoms with Gasteiger partial charge in [-0.1, -0.05) is 13.8 Å². The van der Waals surface area contributed by atoms with Gasteiger partial charge in [-0.25, -0.2) is 0 Å². The molecule has 0 aromatic carbocycles. The second kappa shape index (κ2) is 8.10. The molecule has 108 valence electrons. The molecule has 0 spiro atoms. The average Bonchev–Trinajstić information content (AvgIpc) is 2.26. The van der Waals surface area contributed by atoms with Gasteiger partial charge >= 0.3 is 0 Å². The maximum absolute atomic E-state index is 5.78. The summed E-state index contributed by atoms with van der Waals surface area (Å²) in [5.74, 6) is 0.690. The highest BCUT2D eigenvalue weighted by Crippen LogP contribution is 2.13. The van der Waals surface area contributed by atoms with Crippen LogP contribution in [0.4, 0.5) is 0 Å². The number of nitrogens with one attached hydrogen (secondary N) is 1. The molecule has 0 radical (unpaired) electrons. The lowest BCUT2D eigenvalue weighted by atomic mass is 10.1. The Kier molecular flexibility index (Phi) is 7.15.